The van der Waals surface area contributed by atoms with Gasteiger partial charge in [-0.05, 0) is 64.3 Å². The highest BCUT2D eigenvalue weighted by molar-refractivity contribution is 5.17. The van der Waals surface area contributed by atoms with Crippen molar-refractivity contribution in [1.82, 2.24) is 10.2 Å². The maximum atomic E-state index is 13.6. The number of nitrogens with one attached hydrogen (secondary N) is 1. The summed E-state index contributed by atoms with van der Waals surface area (Å²) in [5, 5.41) is 3.58. The van der Waals surface area contributed by atoms with Crippen LogP contribution in [0.5, 0.6) is 0 Å². The number of hydrogen-bond acceptors (Lipinski definition) is 2. The van der Waals surface area contributed by atoms with Gasteiger partial charge in [0.1, 0.15) is 5.82 Å². The maximum Gasteiger partial charge on any atom is 0.126 e. The van der Waals surface area contributed by atoms with Gasteiger partial charge in [0.05, 0.1) is 0 Å². The first-order chi connectivity index (χ1) is 9.44. The zero-order valence-corrected chi connectivity index (χ0v) is 13.0. The molecule has 0 radical (unpaired) electrons. The zero-order valence-electron chi connectivity index (χ0n) is 13.0. The molecular formula is C17H27FN2. The van der Waals surface area contributed by atoms with Gasteiger partial charge in [-0.3, -0.25) is 0 Å². The van der Waals surface area contributed by atoms with Gasteiger partial charge in [0.2, 0.25) is 0 Å². The summed E-state index contributed by atoms with van der Waals surface area (Å²) in [7, 11) is 0. The van der Waals surface area contributed by atoms with Crippen LogP contribution in [0.15, 0.2) is 24.3 Å². The first-order valence-corrected chi connectivity index (χ1v) is 7.65. The third kappa shape index (κ3) is 4.88. The highest BCUT2D eigenvalue weighted by Crippen LogP contribution is 2.17. The zero-order chi connectivity index (χ0) is 14.6. The van der Waals surface area contributed by atoms with Crippen molar-refractivity contribution in [1.29, 1.82) is 0 Å². The number of nitrogens with zero attached hydrogens (tertiary/aromatic N) is 1. The Morgan fingerprint density at radius 3 is 2.75 bits per heavy atom. The normalized spacial score (nSPS) is 20.5. The van der Waals surface area contributed by atoms with Gasteiger partial charge in [-0.25, -0.2) is 4.39 Å². The van der Waals surface area contributed by atoms with Crippen molar-refractivity contribution < 1.29 is 4.39 Å². The van der Waals surface area contributed by atoms with Crippen molar-refractivity contribution in [2.75, 3.05) is 26.2 Å². The minimum absolute atomic E-state index is 0.0716. The summed E-state index contributed by atoms with van der Waals surface area (Å²) in [4.78, 5) is 2.46. The van der Waals surface area contributed by atoms with E-state index in [9.17, 15) is 4.39 Å². The second kappa shape index (κ2) is 6.68. The monoisotopic (exact) mass is 278 g/mol. The lowest BCUT2D eigenvalue weighted by Crippen LogP contribution is -2.39. The van der Waals surface area contributed by atoms with E-state index in [0.717, 1.165) is 44.1 Å². The molecule has 2 rings (SSSR count). The van der Waals surface area contributed by atoms with E-state index in [1.165, 1.54) is 6.42 Å². The second-order valence-electron chi connectivity index (χ2n) is 6.93. The van der Waals surface area contributed by atoms with Crippen LogP contribution >= 0.6 is 0 Å². The Balaban J connectivity index is 1.73. The standard InChI is InChI=1S/C17H27FN2/c1-17(2,3)19-12-14-8-10-20(13-14)11-9-15-6-4-5-7-16(15)18/h4-7,14,19H,8-13H2,1-3H3. The fourth-order valence-corrected chi connectivity index (χ4v) is 2.71. The van der Waals surface area contributed by atoms with Crippen LogP contribution in [0.2, 0.25) is 0 Å². The van der Waals surface area contributed by atoms with Gasteiger partial charge in [-0.15, -0.1) is 0 Å². The first kappa shape index (κ1) is 15.5. The van der Waals surface area contributed by atoms with Crippen LogP contribution in [-0.4, -0.2) is 36.6 Å². The Hall–Kier alpha value is -0.930. The number of hydrogen-bond donors (Lipinski definition) is 1. The van der Waals surface area contributed by atoms with Gasteiger partial charge >= 0.3 is 0 Å². The number of benzene rings is 1. The SMILES string of the molecule is CC(C)(C)NCC1CCN(CCc2ccccc2F)C1. The van der Waals surface area contributed by atoms with Crippen LogP contribution in [0.25, 0.3) is 0 Å². The molecule has 1 N–H and O–H groups in total. The van der Waals surface area contributed by atoms with Crippen molar-refractivity contribution in [2.24, 2.45) is 5.92 Å². The number of likely N-dealkylation sites (tertiary alicyclic amines) is 1. The molecule has 1 heterocycles. The fourth-order valence-electron chi connectivity index (χ4n) is 2.71. The van der Waals surface area contributed by atoms with Crippen molar-refractivity contribution >= 4 is 0 Å². The summed E-state index contributed by atoms with van der Waals surface area (Å²) in [6, 6.07) is 7.11. The van der Waals surface area contributed by atoms with Crippen molar-refractivity contribution in [3.8, 4) is 0 Å². The average Bonchev–Trinajstić information content (AvgIpc) is 2.83. The summed E-state index contributed by atoms with van der Waals surface area (Å²) in [6.07, 6.45) is 2.06. The summed E-state index contributed by atoms with van der Waals surface area (Å²) >= 11 is 0. The van der Waals surface area contributed by atoms with Crippen molar-refractivity contribution in [3.63, 3.8) is 0 Å². The highest BCUT2D eigenvalue weighted by atomic mass is 19.1. The Morgan fingerprint density at radius 1 is 1.30 bits per heavy atom. The van der Waals surface area contributed by atoms with Gasteiger partial charge in [0, 0.05) is 18.6 Å². The summed E-state index contributed by atoms with van der Waals surface area (Å²) in [5.41, 5.74) is 1.03. The summed E-state index contributed by atoms with van der Waals surface area (Å²) < 4.78 is 13.6. The van der Waals surface area contributed by atoms with Gasteiger partial charge in [0.15, 0.2) is 0 Å². The van der Waals surface area contributed by atoms with Crippen LogP contribution in [0.4, 0.5) is 4.39 Å². The maximum absolute atomic E-state index is 13.6. The molecule has 1 atom stereocenters. The molecule has 112 valence electrons. The molecule has 0 spiro atoms. The van der Waals surface area contributed by atoms with E-state index in [1.54, 1.807) is 12.1 Å². The molecule has 3 heteroatoms. The van der Waals surface area contributed by atoms with Gasteiger partial charge in [-0.1, -0.05) is 18.2 Å². The topological polar surface area (TPSA) is 15.3 Å². The van der Waals surface area contributed by atoms with Crippen molar-refractivity contribution in [2.45, 2.75) is 39.2 Å². The molecule has 2 nitrogen and oxygen atoms in total. The average molecular weight is 278 g/mol. The van der Waals surface area contributed by atoms with Crippen LogP contribution < -0.4 is 5.32 Å². The molecule has 0 saturated carbocycles. The van der Waals surface area contributed by atoms with E-state index < -0.39 is 0 Å². The number of halogens is 1. The lowest BCUT2D eigenvalue weighted by molar-refractivity contribution is 0.313. The molecule has 0 bridgehead atoms. The third-order valence-electron chi connectivity index (χ3n) is 3.95. The molecule has 1 aliphatic rings. The molecular weight excluding hydrogens is 251 g/mol. The second-order valence-corrected chi connectivity index (χ2v) is 6.93. The predicted octanol–water partition coefficient (Wildman–Crippen LogP) is 3.08. The fraction of sp³-hybridized carbons (Fsp3) is 0.647. The Bertz CT molecular complexity index is 425. The third-order valence-corrected chi connectivity index (χ3v) is 3.95. The molecule has 20 heavy (non-hydrogen) atoms. The molecule has 0 amide bonds. The molecule has 0 aliphatic carbocycles. The lowest BCUT2D eigenvalue weighted by Gasteiger charge is -2.23. The first-order valence-electron chi connectivity index (χ1n) is 7.65. The van der Waals surface area contributed by atoms with E-state index in [1.807, 2.05) is 12.1 Å². The van der Waals surface area contributed by atoms with Gasteiger partial charge in [-0.2, -0.15) is 0 Å². The highest BCUT2D eigenvalue weighted by Gasteiger charge is 2.23. The van der Waals surface area contributed by atoms with Crippen LogP contribution in [0.1, 0.15) is 32.8 Å². The molecule has 0 aromatic heterocycles. The summed E-state index contributed by atoms with van der Waals surface area (Å²) in [6.45, 7) is 10.9. The minimum atomic E-state index is -0.0716. The summed E-state index contributed by atoms with van der Waals surface area (Å²) in [5.74, 6) is 0.660. The van der Waals surface area contributed by atoms with Crippen molar-refractivity contribution in [3.05, 3.63) is 35.6 Å². The quantitative estimate of drug-likeness (QED) is 0.890. The van der Waals surface area contributed by atoms with Crippen LogP contribution in [-0.2, 0) is 6.42 Å². The van der Waals surface area contributed by atoms with E-state index in [2.05, 4.69) is 31.0 Å². The van der Waals surface area contributed by atoms with E-state index in [4.69, 9.17) is 0 Å². The van der Waals surface area contributed by atoms with Gasteiger partial charge < -0.3 is 10.2 Å². The molecule has 1 aromatic rings. The molecule has 1 aromatic carbocycles. The largest absolute Gasteiger partial charge is 0.312 e. The smallest absolute Gasteiger partial charge is 0.126 e. The minimum Gasteiger partial charge on any atom is -0.312 e. The van der Waals surface area contributed by atoms with Crippen LogP contribution in [0.3, 0.4) is 0 Å². The van der Waals surface area contributed by atoms with E-state index >= 15 is 0 Å². The Labute approximate surface area is 122 Å². The Kier molecular flexibility index (Phi) is 5.17. The molecule has 1 unspecified atom stereocenters. The molecule has 1 saturated heterocycles. The molecule has 1 aliphatic heterocycles. The predicted molar refractivity (Wildman–Crippen MR) is 82.4 cm³/mol. The van der Waals surface area contributed by atoms with E-state index in [-0.39, 0.29) is 11.4 Å². The molecule has 1 fully saturated rings. The lowest BCUT2D eigenvalue weighted by atomic mass is 10.1. The van der Waals surface area contributed by atoms with E-state index in [0.29, 0.717) is 0 Å². The number of rotatable bonds is 5. The van der Waals surface area contributed by atoms with Gasteiger partial charge in [0.25, 0.3) is 0 Å². The van der Waals surface area contributed by atoms with Crippen LogP contribution in [0, 0.1) is 11.7 Å². The Morgan fingerprint density at radius 2 is 2.05 bits per heavy atom.